The number of nitrogens with zero attached hydrogens (tertiary/aromatic N) is 3. The molecule has 3 fully saturated rings. The number of piperidine rings is 2. The highest BCUT2D eigenvalue weighted by molar-refractivity contribution is 5.85. The van der Waals surface area contributed by atoms with Gasteiger partial charge in [0, 0.05) is 66.7 Å². The fourth-order valence-corrected chi connectivity index (χ4v) is 12.1. The van der Waals surface area contributed by atoms with Gasteiger partial charge in [-0.25, -0.2) is 0 Å². The SMILES string of the molecule is O=C(NC1CCN(C[C@H](O)CCc2cccc3ncccc23)CC1)C(CCCc1ccccc1)CCCc1ccccc1.O=C(NC1CCNCC1)C(CCCc1ccccc1)CCCc1ccccc1.c1cc(OCC2CO2)c2cccnc2c1. The molecule has 3 aliphatic heterocycles. The van der Waals surface area contributed by atoms with Crippen LogP contribution in [0.3, 0.4) is 0 Å². The molecule has 6 aromatic carbocycles. The van der Waals surface area contributed by atoms with Crippen molar-refractivity contribution < 1.29 is 24.2 Å². The number of β-amino-alcohol motifs (C(OH)–C–C–N with tert-alkyl or cyclic N) is 1. The van der Waals surface area contributed by atoms with Gasteiger partial charge in [0.1, 0.15) is 18.5 Å². The standard InChI is InChI=1S/C38H47N3O2.C25H34N2O.C12H11NO2/c42-35(23-22-32-17-9-21-37-36(32)20-10-26-39-37)29-41-27-24-34(25-28-41)40-38(43)33(18-7-15-30-11-3-1-4-12-30)19-8-16-31-13-5-2-6-14-31;28-25(27-24-17-19-26-20-18-24)23(15-7-13-21-9-3-1-4-10-21)16-8-14-22-11-5-2-6-12-22;1-4-11-10(3-2-6-13-11)12(5-1)15-8-9-7-14-9/h1-6,9-14,17,20-21,26,33-35,42H,7-8,15-16,18-19,22-25,27-29H2,(H,40,43);1-6,9-12,23-24,26H,7-8,13-20H2,(H,27,28);1-6,9H,7-8H2/t35-;;/m1../s1. The zero-order valence-electron chi connectivity index (χ0n) is 50.5. The third-order valence-electron chi connectivity index (χ3n) is 17.2. The monoisotopic (exact) mass is 1160 g/mol. The third kappa shape index (κ3) is 21.9. The number of pyridine rings is 2. The second kappa shape index (κ2) is 35.4. The molecular formula is C75H92N6O5. The maximum absolute atomic E-state index is 13.5. The molecule has 11 heteroatoms. The van der Waals surface area contributed by atoms with Crippen molar-refractivity contribution in [1.82, 2.24) is 30.8 Å². The number of hydrogen-bond acceptors (Lipinski definition) is 9. The largest absolute Gasteiger partial charge is 0.490 e. The first-order valence-corrected chi connectivity index (χ1v) is 32.2. The second-order valence-electron chi connectivity index (χ2n) is 23.8. The smallest absolute Gasteiger partial charge is 0.223 e. The van der Waals surface area contributed by atoms with E-state index in [1.165, 1.54) is 33.2 Å². The summed E-state index contributed by atoms with van der Waals surface area (Å²) in [5, 5.41) is 23.2. The number of aryl methyl sites for hydroxylation is 5. The van der Waals surface area contributed by atoms with Crippen LogP contribution in [0, 0.1) is 11.8 Å². The molecule has 0 saturated carbocycles. The van der Waals surface area contributed by atoms with Gasteiger partial charge in [0.2, 0.25) is 11.8 Å². The number of aliphatic hydroxyl groups is 1. The minimum absolute atomic E-state index is 0.0524. The molecule has 3 aliphatic rings. The Morgan fingerprint density at radius 1 is 0.523 bits per heavy atom. The molecule has 1 unspecified atom stereocenters. The Morgan fingerprint density at radius 2 is 0.965 bits per heavy atom. The second-order valence-corrected chi connectivity index (χ2v) is 23.8. The van der Waals surface area contributed by atoms with Crippen LogP contribution in [0.25, 0.3) is 21.8 Å². The van der Waals surface area contributed by atoms with Gasteiger partial charge in [-0.3, -0.25) is 19.6 Å². The topological polar surface area (TPSA) is 141 Å². The van der Waals surface area contributed by atoms with Crippen LogP contribution in [0.5, 0.6) is 5.75 Å². The first-order chi connectivity index (χ1) is 42.4. The third-order valence-corrected chi connectivity index (χ3v) is 17.2. The molecule has 8 aromatic rings. The van der Waals surface area contributed by atoms with E-state index in [2.05, 4.69) is 164 Å². The van der Waals surface area contributed by atoms with Gasteiger partial charge in [0.25, 0.3) is 0 Å². The van der Waals surface area contributed by atoms with Crippen molar-refractivity contribution >= 4 is 33.6 Å². The molecule has 11 nitrogen and oxygen atoms in total. The van der Waals surface area contributed by atoms with Gasteiger partial charge < -0.3 is 35.4 Å². The molecule has 4 N–H and O–H groups in total. The van der Waals surface area contributed by atoms with Crippen molar-refractivity contribution in [3.63, 3.8) is 0 Å². The summed E-state index contributed by atoms with van der Waals surface area (Å²) in [6, 6.07) is 63.1. The van der Waals surface area contributed by atoms with E-state index in [0.717, 1.165) is 171 Å². The number of carbonyl (C=O) groups is 2. The van der Waals surface area contributed by atoms with E-state index >= 15 is 0 Å². The summed E-state index contributed by atoms with van der Waals surface area (Å²) in [5.41, 5.74) is 8.63. The number of epoxide rings is 1. The molecule has 3 saturated heterocycles. The fraction of sp³-hybridized carbons (Fsp3) is 0.413. The van der Waals surface area contributed by atoms with Crippen molar-refractivity contribution in [3.8, 4) is 5.75 Å². The van der Waals surface area contributed by atoms with Crippen molar-refractivity contribution in [2.24, 2.45) is 11.8 Å². The Hall–Kier alpha value is -7.28. The zero-order chi connectivity index (χ0) is 59.2. The van der Waals surface area contributed by atoms with E-state index in [1.807, 2.05) is 54.7 Å². The highest BCUT2D eigenvalue weighted by Gasteiger charge is 2.27. The molecule has 0 aliphatic carbocycles. The number of amides is 2. The summed E-state index contributed by atoms with van der Waals surface area (Å²) < 4.78 is 10.8. The molecule has 2 atom stereocenters. The maximum Gasteiger partial charge on any atom is 0.223 e. The number of nitrogens with one attached hydrogen (secondary N) is 3. The van der Waals surface area contributed by atoms with E-state index in [4.69, 9.17) is 9.47 Å². The van der Waals surface area contributed by atoms with Crippen LogP contribution in [-0.2, 0) is 46.4 Å². The highest BCUT2D eigenvalue weighted by Crippen LogP contribution is 2.26. The van der Waals surface area contributed by atoms with E-state index in [9.17, 15) is 14.7 Å². The van der Waals surface area contributed by atoms with E-state index in [0.29, 0.717) is 19.2 Å². The van der Waals surface area contributed by atoms with Gasteiger partial charge in [0.05, 0.1) is 23.7 Å². The van der Waals surface area contributed by atoms with E-state index < -0.39 is 0 Å². The molecule has 452 valence electrons. The van der Waals surface area contributed by atoms with Crippen LogP contribution in [-0.4, -0.2) is 102 Å². The van der Waals surface area contributed by atoms with Crippen molar-refractivity contribution in [2.45, 2.75) is 140 Å². The predicted octanol–water partition coefficient (Wildman–Crippen LogP) is 13.3. The summed E-state index contributed by atoms with van der Waals surface area (Å²) in [5.74, 6) is 1.56. The number of aromatic nitrogens is 2. The average Bonchev–Trinajstić information content (AvgIpc) is 4.23. The number of ether oxygens (including phenoxy) is 2. The van der Waals surface area contributed by atoms with E-state index in [1.54, 1.807) is 6.20 Å². The summed E-state index contributed by atoms with van der Waals surface area (Å²) >= 11 is 0. The van der Waals surface area contributed by atoms with Gasteiger partial charge in [-0.15, -0.1) is 0 Å². The predicted molar refractivity (Wildman–Crippen MR) is 349 cm³/mol. The lowest BCUT2D eigenvalue weighted by Gasteiger charge is -2.34. The number of likely N-dealkylation sites (tertiary alicyclic amines) is 1. The molecule has 5 heterocycles. The van der Waals surface area contributed by atoms with Gasteiger partial charge in [-0.1, -0.05) is 146 Å². The minimum atomic E-state index is -0.364. The van der Waals surface area contributed by atoms with Gasteiger partial charge in [0.15, 0.2) is 0 Å². The van der Waals surface area contributed by atoms with Gasteiger partial charge >= 0.3 is 0 Å². The minimum Gasteiger partial charge on any atom is -0.490 e. The molecule has 0 radical (unpaired) electrons. The van der Waals surface area contributed by atoms with Crippen LogP contribution < -0.4 is 20.7 Å². The van der Waals surface area contributed by atoms with Crippen molar-refractivity contribution in [2.75, 3.05) is 45.9 Å². The number of hydrogen-bond donors (Lipinski definition) is 4. The van der Waals surface area contributed by atoms with Crippen LogP contribution in [0.2, 0.25) is 0 Å². The molecule has 0 spiro atoms. The highest BCUT2D eigenvalue weighted by atomic mass is 16.6. The molecule has 2 aromatic heterocycles. The number of fused-ring (bicyclic) bond motifs is 2. The Bertz CT molecular complexity index is 3090. The Kier molecular flexibility index (Phi) is 26.0. The Labute approximate surface area is 511 Å². The number of carbonyl (C=O) groups excluding carboxylic acids is 2. The Morgan fingerprint density at radius 3 is 1.44 bits per heavy atom. The number of aliphatic hydroxyl groups excluding tert-OH is 1. The molecule has 11 rings (SSSR count). The zero-order valence-corrected chi connectivity index (χ0v) is 50.5. The summed E-state index contributed by atoms with van der Waals surface area (Å²) in [4.78, 5) is 37.5. The van der Waals surface area contributed by atoms with E-state index in [-0.39, 0.29) is 41.9 Å². The lowest BCUT2D eigenvalue weighted by atomic mass is 9.92. The molecule has 2 amide bonds. The Balaban J connectivity index is 0.000000174. The number of benzene rings is 6. The molecule has 0 bridgehead atoms. The summed E-state index contributed by atoms with van der Waals surface area (Å²) in [6.07, 6.45) is 21.2. The first-order valence-electron chi connectivity index (χ1n) is 32.2. The quantitative estimate of drug-likeness (QED) is 0.0353. The summed E-state index contributed by atoms with van der Waals surface area (Å²) in [6.45, 7) is 5.98. The van der Waals surface area contributed by atoms with Crippen LogP contribution >= 0.6 is 0 Å². The lowest BCUT2D eigenvalue weighted by molar-refractivity contribution is -0.127. The maximum atomic E-state index is 13.5. The summed E-state index contributed by atoms with van der Waals surface area (Å²) in [7, 11) is 0. The van der Waals surface area contributed by atoms with Crippen molar-refractivity contribution in [3.05, 3.63) is 222 Å². The van der Waals surface area contributed by atoms with Gasteiger partial charge in [-0.05, 0) is 193 Å². The first kappa shape index (κ1) is 63.2. The van der Waals surface area contributed by atoms with Crippen LogP contribution in [0.15, 0.2) is 194 Å². The normalized spacial score (nSPS) is 15.7. The van der Waals surface area contributed by atoms with Crippen molar-refractivity contribution in [1.29, 1.82) is 0 Å². The lowest BCUT2D eigenvalue weighted by Crippen LogP contribution is -2.47. The fourth-order valence-electron chi connectivity index (χ4n) is 12.1. The molecular weight excluding hydrogens is 1060 g/mol. The number of rotatable bonds is 28. The molecule has 86 heavy (non-hydrogen) atoms. The van der Waals surface area contributed by atoms with Crippen LogP contribution in [0.1, 0.15) is 111 Å². The average molecular weight is 1160 g/mol. The van der Waals surface area contributed by atoms with Crippen LogP contribution in [0.4, 0.5) is 0 Å². The van der Waals surface area contributed by atoms with Gasteiger partial charge in [-0.2, -0.15) is 0 Å².